The van der Waals surface area contributed by atoms with E-state index in [1.165, 1.54) is 4.90 Å². The Morgan fingerprint density at radius 3 is 2.53 bits per heavy atom. The maximum absolute atomic E-state index is 12.9. The average Bonchev–Trinajstić information content (AvgIpc) is 3.28. The summed E-state index contributed by atoms with van der Waals surface area (Å²) in [6.45, 7) is 0.486. The van der Waals surface area contributed by atoms with E-state index < -0.39 is 18.1 Å². The lowest BCUT2D eigenvalue weighted by molar-refractivity contribution is -0.185. The quantitative estimate of drug-likeness (QED) is 0.798. The molecule has 30 heavy (non-hydrogen) atoms. The van der Waals surface area contributed by atoms with E-state index in [9.17, 15) is 22.8 Å². The number of carbonyl (C=O) groups is 2. The average molecular weight is 426 g/mol. The Balaban J connectivity index is 1.46. The first-order valence-corrected chi connectivity index (χ1v) is 10.3. The monoisotopic (exact) mass is 426 g/mol. The van der Waals surface area contributed by atoms with Crippen LogP contribution in [0.5, 0.6) is 11.5 Å². The first kappa shape index (κ1) is 20.8. The van der Waals surface area contributed by atoms with Crippen LogP contribution in [0.25, 0.3) is 0 Å². The fraction of sp³-hybridized carbons (Fsp3) is 0.619. The van der Waals surface area contributed by atoms with Crippen molar-refractivity contribution >= 4 is 17.5 Å². The molecule has 1 aliphatic carbocycles. The van der Waals surface area contributed by atoms with Crippen molar-refractivity contribution in [3.8, 4) is 11.5 Å². The molecule has 164 valence electrons. The Bertz CT molecular complexity index is 834. The highest BCUT2D eigenvalue weighted by Gasteiger charge is 2.42. The molecular weight excluding hydrogens is 401 g/mol. The molecule has 9 heteroatoms. The third kappa shape index (κ3) is 4.20. The van der Waals surface area contributed by atoms with Gasteiger partial charge >= 0.3 is 6.18 Å². The summed E-state index contributed by atoms with van der Waals surface area (Å²) >= 11 is 0. The van der Waals surface area contributed by atoms with Crippen molar-refractivity contribution in [2.45, 2.75) is 63.3 Å². The molecule has 6 nitrogen and oxygen atoms in total. The van der Waals surface area contributed by atoms with Gasteiger partial charge in [0.05, 0.1) is 24.3 Å². The minimum Gasteiger partial charge on any atom is -0.491 e. The predicted octanol–water partition coefficient (Wildman–Crippen LogP) is 3.68. The number of carbonyl (C=O) groups excluding carboxylic acids is 2. The van der Waals surface area contributed by atoms with Crippen LogP contribution in [-0.2, 0) is 16.0 Å². The molecule has 2 heterocycles. The van der Waals surface area contributed by atoms with Gasteiger partial charge in [-0.2, -0.15) is 13.2 Å². The van der Waals surface area contributed by atoms with Gasteiger partial charge in [0.25, 0.3) is 0 Å². The SMILES string of the molecule is CN1C(=O)CC[C@@H]1C(=O)Nc1cc(O[C@H]2CC[C@H](C(F)(F)F)CC2)cc2c1OCC2. The molecule has 1 saturated heterocycles. The van der Waals surface area contributed by atoms with E-state index in [2.05, 4.69) is 5.32 Å². The van der Waals surface area contributed by atoms with Gasteiger partial charge in [0.15, 0.2) is 0 Å². The maximum atomic E-state index is 12.9. The first-order chi connectivity index (χ1) is 14.2. The van der Waals surface area contributed by atoms with Crippen LogP contribution in [0, 0.1) is 5.92 Å². The van der Waals surface area contributed by atoms with Gasteiger partial charge in [-0.05, 0) is 38.2 Å². The smallest absolute Gasteiger partial charge is 0.391 e. The second-order valence-corrected chi connectivity index (χ2v) is 8.24. The van der Waals surface area contributed by atoms with Crippen LogP contribution in [0.2, 0.25) is 0 Å². The summed E-state index contributed by atoms with van der Waals surface area (Å²) in [5.74, 6) is -0.511. The lowest BCUT2D eigenvalue weighted by atomic mass is 9.87. The molecule has 1 N–H and O–H groups in total. The number of nitrogens with zero attached hydrogens (tertiary/aromatic N) is 1. The van der Waals surface area contributed by atoms with Crippen molar-refractivity contribution < 1.29 is 32.2 Å². The second kappa shape index (κ2) is 8.00. The van der Waals surface area contributed by atoms with Crippen LogP contribution in [0.4, 0.5) is 18.9 Å². The summed E-state index contributed by atoms with van der Waals surface area (Å²) in [5.41, 5.74) is 1.37. The van der Waals surface area contributed by atoms with E-state index in [0.717, 1.165) is 5.56 Å². The summed E-state index contributed by atoms with van der Waals surface area (Å²) in [7, 11) is 1.61. The third-order valence-corrected chi connectivity index (χ3v) is 6.25. The van der Waals surface area contributed by atoms with Gasteiger partial charge < -0.3 is 19.7 Å². The van der Waals surface area contributed by atoms with E-state index in [0.29, 0.717) is 55.9 Å². The Morgan fingerprint density at radius 1 is 1.17 bits per heavy atom. The number of fused-ring (bicyclic) bond motifs is 1. The molecule has 2 amide bonds. The van der Waals surface area contributed by atoms with Crippen molar-refractivity contribution in [1.82, 2.24) is 4.90 Å². The Labute approximate surface area is 172 Å². The summed E-state index contributed by atoms with van der Waals surface area (Å²) in [5, 5.41) is 2.85. The Hall–Kier alpha value is -2.45. The molecule has 0 spiro atoms. The van der Waals surface area contributed by atoms with Crippen LogP contribution in [0.3, 0.4) is 0 Å². The molecule has 2 fully saturated rings. The molecule has 1 aromatic rings. The molecule has 3 aliphatic rings. The maximum Gasteiger partial charge on any atom is 0.391 e. The highest BCUT2D eigenvalue weighted by molar-refractivity contribution is 6.00. The summed E-state index contributed by atoms with van der Waals surface area (Å²) in [6, 6.07) is 2.96. The van der Waals surface area contributed by atoms with Crippen LogP contribution < -0.4 is 14.8 Å². The minimum atomic E-state index is -4.15. The van der Waals surface area contributed by atoms with Gasteiger partial charge in [-0.25, -0.2) is 0 Å². The highest BCUT2D eigenvalue weighted by Crippen LogP contribution is 2.41. The van der Waals surface area contributed by atoms with Gasteiger partial charge in [0.2, 0.25) is 11.8 Å². The van der Waals surface area contributed by atoms with E-state index >= 15 is 0 Å². The lowest BCUT2D eigenvalue weighted by Gasteiger charge is -2.30. The van der Waals surface area contributed by atoms with Crippen LogP contribution >= 0.6 is 0 Å². The van der Waals surface area contributed by atoms with E-state index in [1.54, 1.807) is 13.1 Å². The standard InChI is InChI=1S/C21H25F3N2O4/c1-26-17(6-7-18(26)27)20(28)25-16-11-15(10-12-8-9-29-19(12)16)30-14-4-2-13(3-5-14)21(22,23)24/h10-11,13-14,17H,2-9H2,1H3,(H,25,28)/t13-,14-,17-/m1/s1. The Kier molecular flexibility index (Phi) is 5.55. The zero-order chi connectivity index (χ0) is 21.5. The van der Waals surface area contributed by atoms with E-state index in [4.69, 9.17) is 9.47 Å². The topological polar surface area (TPSA) is 67.9 Å². The number of halogens is 3. The molecule has 0 radical (unpaired) electrons. The number of benzene rings is 1. The van der Waals surface area contributed by atoms with Gasteiger partial charge in [0, 0.05) is 31.5 Å². The summed E-state index contributed by atoms with van der Waals surface area (Å²) in [6.07, 6.45) is -2.16. The van der Waals surface area contributed by atoms with Crippen LogP contribution in [-0.4, -0.2) is 48.7 Å². The molecular formula is C21H25F3N2O4. The van der Waals surface area contributed by atoms with Gasteiger partial charge in [-0.15, -0.1) is 0 Å². The van der Waals surface area contributed by atoms with Crippen molar-refractivity contribution in [3.63, 3.8) is 0 Å². The lowest BCUT2D eigenvalue weighted by Crippen LogP contribution is -2.38. The molecule has 0 bridgehead atoms. The number of anilines is 1. The van der Waals surface area contributed by atoms with Gasteiger partial charge in [0.1, 0.15) is 17.5 Å². The number of rotatable bonds is 4. The van der Waals surface area contributed by atoms with Crippen molar-refractivity contribution in [2.24, 2.45) is 5.92 Å². The van der Waals surface area contributed by atoms with Gasteiger partial charge in [-0.3, -0.25) is 9.59 Å². The van der Waals surface area contributed by atoms with Crippen molar-refractivity contribution in [2.75, 3.05) is 19.0 Å². The molecule has 0 aromatic heterocycles. The number of alkyl halides is 3. The third-order valence-electron chi connectivity index (χ3n) is 6.25. The molecule has 1 saturated carbocycles. The number of likely N-dealkylation sites (tertiary alicyclic amines) is 1. The van der Waals surface area contributed by atoms with Crippen molar-refractivity contribution in [3.05, 3.63) is 17.7 Å². The van der Waals surface area contributed by atoms with Crippen LogP contribution in [0.15, 0.2) is 12.1 Å². The molecule has 4 rings (SSSR count). The fourth-order valence-electron chi connectivity index (χ4n) is 4.47. The normalized spacial score (nSPS) is 26.3. The fourth-order valence-corrected chi connectivity index (χ4v) is 4.47. The van der Waals surface area contributed by atoms with E-state index in [1.807, 2.05) is 6.07 Å². The number of nitrogens with one attached hydrogen (secondary N) is 1. The summed E-state index contributed by atoms with van der Waals surface area (Å²) in [4.78, 5) is 25.9. The number of likely N-dealkylation sites (N-methyl/N-ethyl adjacent to an activating group) is 1. The van der Waals surface area contributed by atoms with E-state index in [-0.39, 0.29) is 30.8 Å². The number of hydrogen-bond donors (Lipinski definition) is 1. The summed E-state index contributed by atoms with van der Waals surface area (Å²) < 4.78 is 50.3. The zero-order valence-corrected chi connectivity index (χ0v) is 16.8. The highest BCUT2D eigenvalue weighted by atomic mass is 19.4. The largest absolute Gasteiger partial charge is 0.491 e. The van der Waals surface area contributed by atoms with Crippen LogP contribution in [0.1, 0.15) is 44.1 Å². The molecule has 2 aliphatic heterocycles. The minimum absolute atomic E-state index is 0.0633. The number of ether oxygens (including phenoxy) is 2. The molecule has 1 atom stereocenters. The Morgan fingerprint density at radius 2 is 1.90 bits per heavy atom. The van der Waals surface area contributed by atoms with Gasteiger partial charge in [-0.1, -0.05) is 0 Å². The first-order valence-electron chi connectivity index (χ1n) is 10.3. The van der Waals surface area contributed by atoms with Crippen molar-refractivity contribution in [1.29, 1.82) is 0 Å². The molecule has 0 unspecified atom stereocenters. The number of hydrogen-bond acceptors (Lipinski definition) is 4. The predicted molar refractivity (Wildman–Crippen MR) is 102 cm³/mol. The number of amides is 2. The zero-order valence-electron chi connectivity index (χ0n) is 16.8. The second-order valence-electron chi connectivity index (χ2n) is 8.24. The molecule has 1 aromatic carbocycles.